The lowest BCUT2D eigenvalue weighted by Crippen LogP contribution is -2.13. The number of benzene rings is 2. The Hall–Kier alpha value is -2.28. The van der Waals surface area contributed by atoms with E-state index in [1.807, 2.05) is 18.2 Å². The van der Waals surface area contributed by atoms with Gasteiger partial charge in [0.1, 0.15) is 5.75 Å². The van der Waals surface area contributed by atoms with Gasteiger partial charge in [-0.05, 0) is 36.8 Å². The standard InChI is InChI=1S/C20H16ClN3O2S/c1-12-6-18-22-23-20(24(18)17-5-3-2-4-16(12)17)27-10-14-8-15(21)7-13-9-25-11-26-19(13)14/h2-8H,9-11H2,1H3. The molecule has 0 amide bonds. The van der Waals surface area contributed by atoms with Gasteiger partial charge in [0.15, 0.2) is 17.6 Å². The van der Waals surface area contributed by atoms with Crippen LogP contribution in [0.15, 0.2) is 47.6 Å². The monoisotopic (exact) mass is 397 g/mol. The molecule has 2 aromatic heterocycles. The van der Waals surface area contributed by atoms with Gasteiger partial charge in [-0.25, -0.2) is 0 Å². The molecule has 0 aliphatic carbocycles. The van der Waals surface area contributed by atoms with Crippen molar-refractivity contribution in [3.8, 4) is 5.75 Å². The maximum absolute atomic E-state index is 6.28. The average molecular weight is 398 g/mol. The summed E-state index contributed by atoms with van der Waals surface area (Å²) < 4.78 is 13.2. The van der Waals surface area contributed by atoms with Gasteiger partial charge in [0.25, 0.3) is 0 Å². The van der Waals surface area contributed by atoms with Crippen LogP contribution in [0.1, 0.15) is 16.7 Å². The van der Waals surface area contributed by atoms with Crippen LogP contribution in [0.2, 0.25) is 5.02 Å². The minimum absolute atomic E-state index is 0.268. The van der Waals surface area contributed by atoms with Crippen LogP contribution >= 0.6 is 23.4 Å². The van der Waals surface area contributed by atoms with Crippen LogP contribution in [0.25, 0.3) is 16.6 Å². The van der Waals surface area contributed by atoms with Crippen LogP contribution in [-0.4, -0.2) is 21.4 Å². The van der Waals surface area contributed by atoms with Crippen LogP contribution in [0.3, 0.4) is 0 Å². The Kier molecular flexibility index (Phi) is 4.19. The Balaban J connectivity index is 1.55. The fourth-order valence-corrected chi connectivity index (χ4v) is 4.66. The maximum atomic E-state index is 6.28. The topological polar surface area (TPSA) is 48.7 Å². The Morgan fingerprint density at radius 2 is 2.07 bits per heavy atom. The van der Waals surface area contributed by atoms with E-state index in [4.69, 9.17) is 21.1 Å². The van der Waals surface area contributed by atoms with Crippen LogP contribution < -0.4 is 4.74 Å². The van der Waals surface area contributed by atoms with E-state index in [1.54, 1.807) is 11.8 Å². The highest BCUT2D eigenvalue weighted by Gasteiger charge is 2.18. The summed E-state index contributed by atoms with van der Waals surface area (Å²) in [5.74, 6) is 1.55. The highest BCUT2D eigenvalue weighted by Crippen LogP contribution is 2.36. The van der Waals surface area contributed by atoms with Gasteiger partial charge >= 0.3 is 0 Å². The molecule has 0 saturated heterocycles. The number of fused-ring (bicyclic) bond motifs is 4. The van der Waals surface area contributed by atoms with Crippen molar-refractivity contribution in [2.24, 2.45) is 0 Å². The number of rotatable bonds is 3. The lowest BCUT2D eigenvalue weighted by atomic mass is 10.1. The van der Waals surface area contributed by atoms with Crippen molar-refractivity contribution in [1.29, 1.82) is 0 Å². The van der Waals surface area contributed by atoms with Gasteiger partial charge in [0.2, 0.25) is 0 Å². The molecule has 0 saturated carbocycles. The molecule has 4 aromatic rings. The van der Waals surface area contributed by atoms with Crippen molar-refractivity contribution >= 4 is 39.9 Å². The summed E-state index contributed by atoms with van der Waals surface area (Å²) in [6.07, 6.45) is 0. The molecule has 1 aliphatic rings. The van der Waals surface area contributed by atoms with Crippen LogP contribution in [0, 0.1) is 6.92 Å². The van der Waals surface area contributed by atoms with Gasteiger partial charge in [0.05, 0.1) is 12.1 Å². The van der Waals surface area contributed by atoms with E-state index in [0.29, 0.717) is 17.4 Å². The third-order valence-corrected chi connectivity index (χ3v) is 5.88. The van der Waals surface area contributed by atoms with Crippen molar-refractivity contribution in [1.82, 2.24) is 14.6 Å². The first-order valence-electron chi connectivity index (χ1n) is 8.59. The SMILES string of the molecule is Cc1cc2nnc(SCc3cc(Cl)cc4c3OCOC4)n2c2ccccc12. The number of halogens is 1. The summed E-state index contributed by atoms with van der Waals surface area (Å²) in [5.41, 5.74) is 5.18. The zero-order chi connectivity index (χ0) is 18.4. The minimum Gasteiger partial charge on any atom is -0.467 e. The summed E-state index contributed by atoms with van der Waals surface area (Å²) in [5, 5.41) is 11.5. The average Bonchev–Trinajstić information content (AvgIpc) is 3.09. The summed E-state index contributed by atoms with van der Waals surface area (Å²) >= 11 is 7.90. The van der Waals surface area contributed by atoms with E-state index in [9.17, 15) is 0 Å². The molecule has 1 aliphatic heterocycles. The predicted octanol–water partition coefficient (Wildman–Crippen LogP) is 5.00. The van der Waals surface area contributed by atoms with Crippen molar-refractivity contribution in [2.75, 3.05) is 6.79 Å². The number of thioether (sulfide) groups is 1. The molecule has 0 spiro atoms. The van der Waals surface area contributed by atoms with Crippen LogP contribution in [0.4, 0.5) is 0 Å². The molecule has 0 bridgehead atoms. The summed E-state index contributed by atoms with van der Waals surface area (Å²) in [6.45, 7) is 2.89. The summed E-state index contributed by atoms with van der Waals surface area (Å²) in [7, 11) is 0. The number of ether oxygens (including phenoxy) is 2. The Morgan fingerprint density at radius 3 is 3.00 bits per heavy atom. The molecular formula is C20H16ClN3O2S. The first-order chi connectivity index (χ1) is 13.2. The fourth-order valence-electron chi connectivity index (χ4n) is 3.47. The Bertz CT molecular complexity index is 1180. The molecular weight excluding hydrogens is 382 g/mol. The smallest absolute Gasteiger partial charge is 0.196 e. The number of aromatic nitrogens is 3. The zero-order valence-corrected chi connectivity index (χ0v) is 16.2. The van der Waals surface area contributed by atoms with E-state index < -0.39 is 0 Å². The van der Waals surface area contributed by atoms with Gasteiger partial charge in [-0.3, -0.25) is 4.40 Å². The van der Waals surface area contributed by atoms with Gasteiger partial charge < -0.3 is 9.47 Å². The lowest BCUT2D eigenvalue weighted by Gasteiger charge is -2.20. The molecule has 27 heavy (non-hydrogen) atoms. The van der Waals surface area contributed by atoms with E-state index in [1.165, 1.54) is 10.9 Å². The fraction of sp³-hybridized carbons (Fsp3) is 0.200. The number of pyridine rings is 1. The first kappa shape index (κ1) is 16.9. The molecule has 7 heteroatoms. The molecule has 0 unspecified atom stereocenters. The molecule has 2 aromatic carbocycles. The molecule has 136 valence electrons. The van der Waals surface area contributed by atoms with Crippen LogP contribution in [-0.2, 0) is 17.1 Å². The van der Waals surface area contributed by atoms with Gasteiger partial charge in [-0.15, -0.1) is 10.2 Å². The number of aryl methyl sites for hydroxylation is 1. The number of nitrogens with zero attached hydrogens (tertiary/aromatic N) is 3. The highest BCUT2D eigenvalue weighted by atomic mass is 35.5. The predicted molar refractivity (Wildman–Crippen MR) is 107 cm³/mol. The van der Waals surface area contributed by atoms with E-state index in [-0.39, 0.29) is 6.79 Å². The Morgan fingerprint density at radius 1 is 1.19 bits per heavy atom. The molecule has 5 rings (SSSR count). The molecule has 0 atom stereocenters. The zero-order valence-electron chi connectivity index (χ0n) is 14.6. The maximum Gasteiger partial charge on any atom is 0.196 e. The van der Waals surface area contributed by atoms with Gasteiger partial charge in [-0.1, -0.05) is 41.6 Å². The number of hydrogen-bond donors (Lipinski definition) is 0. The summed E-state index contributed by atoms with van der Waals surface area (Å²) in [6, 6.07) is 14.2. The summed E-state index contributed by atoms with van der Waals surface area (Å²) in [4.78, 5) is 0. The number of hydrogen-bond acceptors (Lipinski definition) is 5. The van der Waals surface area contributed by atoms with E-state index in [2.05, 4.69) is 45.8 Å². The third kappa shape index (κ3) is 2.94. The largest absolute Gasteiger partial charge is 0.467 e. The first-order valence-corrected chi connectivity index (χ1v) is 9.95. The molecule has 0 N–H and O–H groups in total. The Labute approximate surface area is 165 Å². The molecule has 0 fully saturated rings. The molecule has 0 radical (unpaired) electrons. The normalized spacial score (nSPS) is 13.7. The quantitative estimate of drug-likeness (QED) is 0.455. The van der Waals surface area contributed by atoms with Crippen molar-refractivity contribution in [3.63, 3.8) is 0 Å². The van der Waals surface area contributed by atoms with Gasteiger partial charge in [-0.2, -0.15) is 0 Å². The second-order valence-electron chi connectivity index (χ2n) is 6.47. The second kappa shape index (κ2) is 6.71. The van der Waals surface area contributed by atoms with E-state index in [0.717, 1.165) is 33.2 Å². The number of para-hydroxylation sites is 1. The van der Waals surface area contributed by atoms with Crippen molar-refractivity contribution in [3.05, 3.63) is 64.2 Å². The molecule has 5 nitrogen and oxygen atoms in total. The highest BCUT2D eigenvalue weighted by molar-refractivity contribution is 7.98. The minimum atomic E-state index is 0.268. The van der Waals surface area contributed by atoms with Gasteiger partial charge in [0, 0.05) is 27.3 Å². The second-order valence-corrected chi connectivity index (χ2v) is 7.85. The lowest BCUT2D eigenvalue weighted by molar-refractivity contribution is -0.0168. The van der Waals surface area contributed by atoms with Crippen molar-refractivity contribution in [2.45, 2.75) is 24.4 Å². The van der Waals surface area contributed by atoms with Crippen LogP contribution in [0.5, 0.6) is 5.75 Å². The molecule has 3 heterocycles. The third-order valence-electron chi connectivity index (χ3n) is 4.68. The van der Waals surface area contributed by atoms with E-state index >= 15 is 0 Å². The van der Waals surface area contributed by atoms with Crippen molar-refractivity contribution < 1.29 is 9.47 Å².